The lowest BCUT2D eigenvalue weighted by Crippen LogP contribution is -2.52. The molecule has 118 valence electrons. The first-order valence-corrected chi connectivity index (χ1v) is 7.87. The van der Waals surface area contributed by atoms with Crippen LogP contribution in [0.4, 0.5) is 0 Å². The lowest BCUT2D eigenvalue weighted by molar-refractivity contribution is -0.138. The standard InChI is InChI=1S/C10H22N4O5S/c11-9(10(16)17)1-2-12-20(18,19)14-5-3-13(4-6-14)7-8-15/h9,12,15H,1-8,11H2,(H,16,17)/t9-/m0/s1. The highest BCUT2D eigenvalue weighted by Crippen LogP contribution is 2.05. The van der Waals surface area contributed by atoms with Gasteiger partial charge in [-0.25, -0.2) is 4.72 Å². The maximum Gasteiger partial charge on any atom is 0.320 e. The zero-order valence-electron chi connectivity index (χ0n) is 11.2. The fraction of sp³-hybridized carbons (Fsp3) is 0.900. The van der Waals surface area contributed by atoms with E-state index in [1.807, 2.05) is 4.90 Å². The van der Waals surface area contributed by atoms with Crippen LogP contribution in [0, 0.1) is 0 Å². The number of rotatable bonds is 8. The third-order valence-corrected chi connectivity index (χ3v) is 4.76. The molecule has 0 aliphatic carbocycles. The number of aliphatic carboxylic acids is 1. The zero-order valence-corrected chi connectivity index (χ0v) is 12.0. The van der Waals surface area contributed by atoms with Crippen LogP contribution in [-0.4, -0.2) is 85.7 Å². The SMILES string of the molecule is N[C@@H](CCNS(=O)(=O)N1CCN(CCO)CC1)C(=O)O. The molecule has 0 saturated carbocycles. The number of hydrogen-bond donors (Lipinski definition) is 4. The lowest BCUT2D eigenvalue weighted by Gasteiger charge is -2.33. The molecule has 0 aromatic carbocycles. The highest BCUT2D eigenvalue weighted by molar-refractivity contribution is 7.87. The molecule has 1 saturated heterocycles. The van der Waals surface area contributed by atoms with E-state index < -0.39 is 22.2 Å². The average molecular weight is 310 g/mol. The Balaban J connectivity index is 2.36. The van der Waals surface area contributed by atoms with Crippen molar-refractivity contribution in [3.05, 3.63) is 0 Å². The smallest absolute Gasteiger partial charge is 0.320 e. The fourth-order valence-corrected chi connectivity index (χ4v) is 3.10. The van der Waals surface area contributed by atoms with E-state index in [2.05, 4.69) is 4.72 Å². The normalized spacial score (nSPS) is 19.9. The summed E-state index contributed by atoms with van der Waals surface area (Å²) < 4.78 is 27.6. The highest BCUT2D eigenvalue weighted by atomic mass is 32.2. The summed E-state index contributed by atoms with van der Waals surface area (Å²) in [6.07, 6.45) is 0.0407. The van der Waals surface area contributed by atoms with Gasteiger partial charge in [0.2, 0.25) is 0 Å². The van der Waals surface area contributed by atoms with Gasteiger partial charge in [-0.15, -0.1) is 0 Å². The van der Waals surface area contributed by atoms with Crippen molar-refractivity contribution < 1.29 is 23.4 Å². The third kappa shape index (κ3) is 5.31. The molecule has 0 amide bonds. The average Bonchev–Trinajstić information content (AvgIpc) is 2.39. The molecule has 1 aliphatic heterocycles. The van der Waals surface area contributed by atoms with Crippen molar-refractivity contribution in [2.45, 2.75) is 12.5 Å². The molecule has 10 heteroatoms. The molecule has 1 heterocycles. The first-order valence-electron chi connectivity index (χ1n) is 6.43. The summed E-state index contributed by atoms with van der Waals surface area (Å²) in [5.41, 5.74) is 5.30. The first kappa shape index (κ1) is 17.3. The Bertz CT molecular complexity index is 408. The van der Waals surface area contributed by atoms with Crippen molar-refractivity contribution in [3.8, 4) is 0 Å². The predicted octanol–water partition coefficient (Wildman–Crippen LogP) is -2.77. The molecule has 0 aromatic heterocycles. The Morgan fingerprint density at radius 1 is 1.30 bits per heavy atom. The van der Waals surface area contributed by atoms with Crippen molar-refractivity contribution in [1.29, 1.82) is 0 Å². The number of β-amino-alcohol motifs (C(OH)–C–C–N with tert-alkyl or cyclic N) is 1. The molecule has 1 fully saturated rings. The van der Waals surface area contributed by atoms with E-state index in [0.29, 0.717) is 32.7 Å². The van der Waals surface area contributed by atoms with Crippen LogP contribution in [0.1, 0.15) is 6.42 Å². The first-order chi connectivity index (χ1) is 9.36. The largest absolute Gasteiger partial charge is 0.480 e. The third-order valence-electron chi connectivity index (χ3n) is 3.14. The number of aliphatic hydroxyl groups is 1. The Morgan fingerprint density at radius 2 is 1.90 bits per heavy atom. The number of piperazine rings is 1. The van der Waals surface area contributed by atoms with Crippen LogP contribution in [0.2, 0.25) is 0 Å². The van der Waals surface area contributed by atoms with Crippen LogP contribution < -0.4 is 10.5 Å². The van der Waals surface area contributed by atoms with Crippen LogP contribution in [-0.2, 0) is 15.0 Å². The van der Waals surface area contributed by atoms with Gasteiger partial charge in [-0.3, -0.25) is 9.69 Å². The van der Waals surface area contributed by atoms with Crippen LogP contribution in [0.25, 0.3) is 0 Å². The number of nitrogens with two attached hydrogens (primary N) is 1. The summed E-state index contributed by atoms with van der Waals surface area (Å²) >= 11 is 0. The number of aliphatic hydroxyl groups excluding tert-OH is 1. The summed E-state index contributed by atoms with van der Waals surface area (Å²) in [7, 11) is -3.60. The number of carbonyl (C=O) groups is 1. The predicted molar refractivity (Wildman–Crippen MR) is 72.2 cm³/mol. The molecule has 0 aromatic rings. The van der Waals surface area contributed by atoms with E-state index in [1.54, 1.807) is 0 Å². The van der Waals surface area contributed by atoms with Gasteiger partial charge in [-0.1, -0.05) is 0 Å². The van der Waals surface area contributed by atoms with Gasteiger partial charge in [0.25, 0.3) is 10.2 Å². The molecular weight excluding hydrogens is 288 g/mol. The van der Waals surface area contributed by atoms with Crippen molar-refractivity contribution in [2.75, 3.05) is 45.9 Å². The van der Waals surface area contributed by atoms with Crippen molar-refractivity contribution >= 4 is 16.2 Å². The molecule has 1 atom stereocenters. The highest BCUT2D eigenvalue weighted by Gasteiger charge is 2.26. The topological polar surface area (TPSA) is 136 Å². The van der Waals surface area contributed by atoms with Gasteiger partial charge in [0.15, 0.2) is 0 Å². The van der Waals surface area contributed by atoms with E-state index in [9.17, 15) is 13.2 Å². The molecule has 0 unspecified atom stereocenters. The quantitative estimate of drug-likeness (QED) is 0.381. The van der Waals surface area contributed by atoms with E-state index >= 15 is 0 Å². The number of carboxylic acids is 1. The second kappa shape index (κ2) is 7.86. The van der Waals surface area contributed by atoms with Gasteiger partial charge in [-0.2, -0.15) is 12.7 Å². The van der Waals surface area contributed by atoms with Gasteiger partial charge in [0.05, 0.1) is 6.61 Å². The van der Waals surface area contributed by atoms with E-state index in [-0.39, 0.29) is 19.6 Å². The van der Waals surface area contributed by atoms with Gasteiger partial charge in [-0.05, 0) is 6.42 Å². The van der Waals surface area contributed by atoms with E-state index in [0.717, 1.165) is 0 Å². The Kier molecular flexibility index (Phi) is 6.79. The molecule has 1 aliphatic rings. The van der Waals surface area contributed by atoms with Crippen molar-refractivity contribution in [1.82, 2.24) is 13.9 Å². The molecule has 0 radical (unpaired) electrons. The Hall–Kier alpha value is -0.780. The maximum absolute atomic E-state index is 12.0. The molecule has 20 heavy (non-hydrogen) atoms. The second-order valence-corrected chi connectivity index (χ2v) is 6.35. The molecule has 9 nitrogen and oxygen atoms in total. The summed E-state index contributed by atoms with van der Waals surface area (Å²) in [6, 6.07) is -1.07. The summed E-state index contributed by atoms with van der Waals surface area (Å²) in [5.74, 6) is -1.15. The fourth-order valence-electron chi connectivity index (χ4n) is 1.89. The van der Waals surface area contributed by atoms with Crippen LogP contribution in [0.3, 0.4) is 0 Å². The second-order valence-electron chi connectivity index (χ2n) is 4.60. The van der Waals surface area contributed by atoms with Gasteiger partial charge in [0.1, 0.15) is 6.04 Å². The molecule has 5 N–H and O–H groups in total. The Labute approximate surface area is 118 Å². The number of nitrogens with zero attached hydrogens (tertiary/aromatic N) is 2. The van der Waals surface area contributed by atoms with E-state index in [4.69, 9.17) is 15.9 Å². The van der Waals surface area contributed by atoms with Crippen LogP contribution in [0.15, 0.2) is 0 Å². The monoisotopic (exact) mass is 310 g/mol. The van der Waals surface area contributed by atoms with Crippen molar-refractivity contribution in [3.63, 3.8) is 0 Å². The molecule has 0 bridgehead atoms. The van der Waals surface area contributed by atoms with Crippen LogP contribution >= 0.6 is 0 Å². The summed E-state index contributed by atoms with van der Waals surface area (Å²) in [4.78, 5) is 12.5. The number of carboxylic acid groups (broad SMARTS) is 1. The maximum atomic E-state index is 12.0. The Morgan fingerprint density at radius 3 is 2.40 bits per heavy atom. The van der Waals surface area contributed by atoms with Gasteiger partial charge >= 0.3 is 5.97 Å². The summed E-state index contributed by atoms with van der Waals surface area (Å²) in [6.45, 7) is 2.41. The van der Waals surface area contributed by atoms with Gasteiger partial charge in [0, 0.05) is 39.3 Å². The minimum absolute atomic E-state index is 0.00729. The number of hydrogen-bond acceptors (Lipinski definition) is 6. The van der Waals surface area contributed by atoms with E-state index in [1.165, 1.54) is 4.31 Å². The van der Waals surface area contributed by atoms with Crippen LogP contribution in [0.5, 0.6) is 0 Å². The summed E-state index contributed by atoms with van der Waals surface area (Å²) in [5, 5.41) is 17.4. The van der Waals surface area contributed by atoms with Gasteiger partial charge < -0.3 is 15.9 Å². The number of nitrogens with one attached hydrogen (secondary N) is 1. The molecule has 1 rings (SSSR count). The zero-order chi connectivity index (χ0) is 15.2. The minimum Gasteiger partial charge on any atom is -0.480 e. The lowest BCUT2D eigenvalue weighted by atomic mass is 10.2. The minimum atomic E-state index is -3.60. The van der Waals surface area contributed by atoms with Crippen molar-refractivity contribution in [2.24, 2.45) is 5.73 Å². The molecule has 0 spiro atoms. The molecular formula is C10H22N4O5S.